The summed E-state index contributed by atoms with van der Waals surface area (Å²) in [6.45, 7) is 4.55. The number of halogens is 1. The Morgan fingerprint density at radius 2 is 2.11 bits per heavy atom. The van der Waals surface area contributed by atoms with Crippen LogP contribution in [0.1, 0.15) is 16.8 Å². The maximum Gasteiger partial charge on any atom is 0.116 e. The molecule has 94 valence electrons. The summed E-state index contributed by atoms with van der Waals surface area (Å²) in [5, 5.41) is 1.85. The van der Waals surface area contributed by atoms with E-state index >= 15 is 0 Å². The van der Waals surface area contributed by atoms with E-state index in [9.17, 15) is 0 Å². The molecule has 2 aromatic heterocycles. The highest BCUT2D eigenvalue weighted by Gasteiger charge is 2.11. The summed E-state index contributed by atoms with van der Waals surface area (Å²) in [5.74, 6) is 0. The van der Waals surface area contributed by atoms with Gasteiger partial charge in [-0.2, -0.15) is 0 Å². The third-order valence-electron chi connectivity index (χ3n) is 2.56. The first-order valence-electron chi connectivity index (χ1n) is 5.57. The molecule has 3 nitrogen and oxygen atoms in total. The molecule has 0 aromatic carbocycles. The van der Waals surface area contributed by atoms with Gasteiger partial charge in [0.15, 0.2) is 0 Å². The molecule has 0 unspecified atom stereocenters. The number of hydrogen-bond acceptors (Lipinski definition) is 4. The van der Waals surface area contributed by atoms with Crippen molar-refractivity contribution < 1.29 is 0 Å². The van der Waals surface area contributed by atoms with E-state index < -0.39 is 0 Å². The molecular weight excluding hydrogens is 310 g/mol. The normalized spacial score (nSPS) is 10.7. The van der Waals surface area contributed by atoms with Crippen LogP contribution in [0.4, 0.5) is 0 Å². The lowest BCUT2D eigenvalue weighted by molar-refractivity contribution is 0.919. The average molecular weight is 324 g/mol. The minimum Gasteiger partial charge on any atom is -0.326 e. The molecule has 0 aliphatic carbocycles. The van der Waals surface area contributed by atoms with Crippen molar-refractivity contribution in [1.29, 1.82) is 0 Å². The molecule has 0 spiro atoms. The van der Waals surface area contributed by atoms with Crippen molar-refractivity contribution >= 4 is 27.7 Å². The Bertz CT molecular complexity index is 572. The highest BCUT2D eigenvalue weighted by atomic mass is 79.9. The minimum atomic E-state index is 0.492. The molecule has 18 heavy (non-hydrogen) atoms. The molecule has 0 aliphatic heterocycles. The number of hydrogen-bond donors (Lipinski definition) is 1. The maximum absolute atomic E-state index is 5.81. The van der Waals surface area contributed by atoms with Gasteiger partial charge in [-0.1, -0.05) is 0 Å². The van der Waals surface area contributed by atoms with Crippen molar-refractivity contribution in [3.05, 3.63) is 45.7 Å². The van der Waals surface area contributed by atoms with Crippen LogP contribution in [0.5, 0.6) is 0 Å². The molecule has 0 bridgehead atoms. The molecule has 5 heteroatoms. The summed E-state index contributed by atoms with van der Waals surface area (Å²) in [5.41, 5.74) is 9.07. The van der Waals surface area contributed by atoms with Gasteiger partial charge in [0, 0.05) is 24.0 Å². The van der Waals surface area contributed by atoms with Crippen LogP contribution in [-0.4, -0.2) is 9.97 Å². The first-order valence-corrected chi connectivity index (χ1v) is 7.18. The van der Waals surface area contributed by atoms with E-state index in [1.165, 1.54) is 5.56 Å². The summed E-state index contributed by atoms with van der Waals surface area (Å²) in [6, 6.07) is 5.92. The van der Waals surface area contributed by atoms with Crippen LogP contribution in [0.25, 0.3) is 0 Å². The molecular formula is C13H14BrN3S. The Kier molecular flexibility index (Phi) is 4.37. The second kappa shape index (κ2) is 5.82. The monoisotopic (exact) mass is 323 g/mol. The summed E-state index contributed by atoms with van der Waals surface area (Å²) < 4.78 is 0.971. The van der Waals surface area contributed by atoms with Crippen LogP contribution in [0.3, 0.4) is 0 Å². The van der Waals surface area contributed by atoms with Gasteiger partial charge in [0.2, 0.25) is 0 Å². The van der Waals surface area contributed by atoms with E-state index in [1.807, 2.05) is 19.1 Å². The molecule has 0 atom stereocenters. The smallest absolute Gasteiger partial charge is 0.116 e. The molecule has 0 aliphatic rings. The molecule has 0 fully saturated rings. The van der Waals surface area contributed by atoms with Gasteiger partial charge in [0.1, 0.15) is 10.1 Å². The van der Waals surface area contributed by atoms with Gasteiger partial charge < -0.3 is 5.73 Å². The number of rotatable bonds is 3. The van der Waals surface area contributed by atoms with Crippen LogP contribution in [0.2, 0.25) is 0 Å². The number of pyridine rings is 2. The summed E-state index contributed by atoms with van der Waals surface area (Å²) in [7, 11) is 0. The highest BCUT2D eigenvalue weighted by molar-refractivity contribution is 9.10. The fraction of sp³-hybridized carbons (Fsp3) is 0.231. The minimum absolute atomic E-state index is 0.492. The topological polar surface area (TPSA) is 51.8 Å². The van der Waals surface area contributed by atoms with Crippen LogP contribution < -0.4 is 5.73 Å². The van der Waals surface area contributed by atoms with Crippen molar-refractivity contribution in [2.75, 3.05) is 0 Å². The third kappa shape index (κ3) is 2.91. The van der Waals surface area contributed by atoms with Gasteiger partial charge in [0.25, 0.3) is 0 Å². The fourth-order valence-corrected chi connectivity index (χ4v) is 3.22. The van der Waals surface area contributed by atoms with E-state index in [-0.39, 0.29) is 0 Å². The Morgan fingerprint density at radius 1 is 1.33 bits per heavy atom. The zero-order chi connectivity index (χ0) is 13.1. The predicted octanol–water partition coefficient (Wildman–Crippen LogP) is 3.47. The molecule has 0 amide bonds. The second-order valence-electron chi connectivity index (χ2n) is 3.96. The molecule has 0 saturated carbocycles. The van der Waals surface area contributed by atoms with Crippen LogP contribution in [0, 0.1) is 13.8 Å². The zero-order valence-corrected chi connectivity index (χ0v) is 12.7. The van der Waals surface area contributed by atoms with Gasteiger partial charge in [0.05, 0.1) is 4.47 Å². The number of nitrogens with zero attached hydrogens (tertiary/aromatic N) is 2. The third-order valence-corrected chi connectivity index (χ3v) is 4.51. The van der Waals surface area contributed by atoms with Gasteiger partial charge in [-0.3, -0.25) is 0 Å². The lowest BCUT2D eigenvalue weighted by atomic mass is 10.1. The number of aryl methyl sites for hydroxylation is 2. The van der Waals surface area contributed by atoms with Crippen molar-refractivity contribution in [2.24, 2.45) is 5.73 Å². The lowest BCUT2D eigenvalue weighted by Crippen LogP contribution is -2.04. The zero-order valence-electron chi connectivity index (χ0n) is 10.3. The standard InChI is InChI=1S/C13H14BrN3S/c1-8-6-9(2)17-12(10(8)7-15)18-13-11(14)4-3-5-16-13/h3-6H,7,15H2,1-2H3. The van der Waals surface area contributed by atoms with E-state index in [2.05, 4.69) is 38.9 Å². The van der Waals surface area contributed by atoms with E-state index in [0.29, 0.717) is 6.54 Å². The van der Waals surface area contributed by atoms with E-state index in [0.717, 1.165) is 25.8 Å². The van der Waals surface area contributed by atoms with Crippen molar-refractivity contribution in [3.63, 3.8) is 0 Å². The summed E-state index contributed by atoms with van der Waals surface area (Å²) in [4.78, 5) is 8.91. The Morgan fingerprint density at radius 3 is 2.78 bits per heavy atom. The fourth-order valence-electron chi connectivity index (χ4n) is 1.70. The van der Waals surface area contributed by atoms with Crippen LogP contribution in [-0.2, 0) is 6.54 Å². The molecule has 2 N–H and O–H groups in total. The maximum atomic E-state index is 5.81. The molecule has 2 aromatic rings. The Hall–Kier alpha value is -0.910. The molecule has 0 saturated heterocycles. The Balaban J connectivity index is 2.43. The van der Waals surface area contributed by atoms with Gasteiger partial charge in [-0.15, -0.1) is 0 Å². The molecule has 2 heterocycles. The first-order chi connectivity index (χ1) is 8.61. The van der Waals surface area contributed by atoms with Crippen molar-refractivity contribution in [1.82, 2.24) is 9.97 Å². The average Bonchev–Trinajstić information content (AvgIpc) is 2.31. The van der Waals surface area contributed by atoms with Gasteiger partial charge >= 0.3 is 0 Å². The summed E-state index contributed by atoms with van der Waals surface area (Å²) >= 11 is 5.04. The Labute approximate surface area is 119 Å². The first kappa shape index (κ1) is 13.5. The van der Waals surface area contributed by atoms with Crippen molar-refractivity contribution in [3.8, 4) is 0 Å². The van der Waals surface area contributed by atoms with Crippen molar-refractivity contribution in [2.45, 2.75) is 30.4 Å². The van der Waals surface area contributed by atoms with E-state index in [4.69, 9.17) is 5.73 Å². The molecule has 2 rings (SSSR count). The predicted molar refractivity (Wildman–Crippen MR) is 77.7 cm³/mol. The van der Waals surface area contributed by atoms with Crippen LogP contribution >= 0.6 is 27.7 Å². The lowest BCUT2D eigenvalue weighted by Gasteiger charge is -2.11. The SMILES string of the molecule is Cc1cc(C)c(CN)c(Sc2ncccc2Br)n1. The quantitative estimate of drug-likeness (QED) is 0.939. The van der Waals surface area contributed by atoms with Gasteiger partial charge in [-0.05, 0) is 65.3 Å². The summed E-state index contributed by atoms with van der Waals surface area (Å²) in [6.07, 6.45) is 1.78. The van der Waals surface area contributed by atoms with Crippen LogP contribution in [0.15, 0.2) is 38.9 Å². The molecule has 0 radical (unpaired) electrons. The largest absolute Gasteiger partial charge is 0.326 e. The number of nitrogens with two attached hydrogens (primary N) is 1. The second-order valence-corrected chi connectivity index (χ2v) is 5.79. The van der Waals surface area contributed by atoms with E-state index in [1.54, 1.807) is 18.0 Å². The highest BCUT2D eigenvalue weighted by Crippen LogP contribution is 2.33. The number of aromatic nitrogens is 2. The van der Waals surface area contributed by atoms with Gasteiger partial charge in [-0.25, -0.2) is 9.97 Å².